The van der Waals surface area contributed by atoms with Crippen molar-refractivity contribution in [3.05, 3.63) is 47.8 Å². The maximum absolute atomic E-state index is 13.1. The van der Waals surface area contributed by atoms with Gasteiger partial charge in [0.1, 0.15) is 10.8 Å². The van der Waals surface area contributed by atoms with Gasteiger partial charge in [0.05, 0.1) is 15.8 Å². The number of halogens is 1. The summed E-state index contributed by atoms with van der Waals surface area (Å²) in [6.07, 6.45) is 0.323. The number of hydrogen-bond acceptors (Lipinski definition) is 6. The molecule has 0 amide bonds. The highest BCUT2D eigenvalue weighted by Gasteiger charge is 2.19. The Bertz CT molecular complexity index is 951. The Hall–Kier alpha value is -2.64. The molecule has 3 aromatic rings. The first-order valence-corrected chi connectivity index (χ1v) is 8.89. The van der Waals surface area contributed by atoms with E-state index in [2.05, 4.69) is 10.3 Å². The van der Waals surface area contributed by atoms with E-state index in [1.165, 1.54) is 23.5 Å². The van der Waals surface area contributed by atoms with Crippen LogP contribution in [0.5, 0.6) is 0 Å². The summed E-state index contributed by atoms with van der Waals surface area (Å²) in [5.74, 6) is -0.906. The molecule has 1 heterocycles. The largest absolute Gasteiger partial charge is 0.383 e. The number of nitrogens with one attached hydrogen (secondary N) is 1. The lowest BCUT2D eigenvalue weighted by atomic mass is 10.1. The lowest BCUT2D eigenvalue weighted by Gasteiger charge is -2.13. The van der Waals surface area contributed by atoms with Crippen molar-refractivity contribution in [2.24, 2.45) is 0 Å². The van der Waals surface area contributed by atoms with Crippen LogP contribution in [0, 0.1) is 5.82 Å². The van der Waals surface area contributed by atoms with Gasteiger partial charge in [-0.1, -0.05) is 0 Å². The first-order chi connectivity index (χ1) is 12.5. The Morgan fingerprint density at radius 3 is 2.62 bits per heavy atom. The maximum atomic E-state index is 13.1. The van der Waals surface area contributed by atoms with Crippen LogP contribution in [0.1, 0.15) is 10.4 Å². The zero-order valence-electron chi connectivity index (χ0n) is 14.5. The fraction of sp³-hybridized carbons (Fsp3) is 0.211. The van der Waals surface area contributed by atoms with Crippen molar-refractivity contribution in [2.75, 3.05) is 32.5 Å². The normalized spacial score (nSPS) is 11.1. The van der Waals surface area contributed by atoms with Gasteiger partial charge in [-0.05, 0) is 50.5 Å². The molecule has 0 aliphatic carbocycles. The van der Waals surface area contributed by atoms with Gasteiger partial charge >= 0.3 is 0 Å². The lowest BCUT2D eigenvalue weighted by molar-refractivity contribution is -0.104. The van der Waals surface area contributed by atoms with Crippen LogP contribution in [-0.4, -0.2) is 49.1 Å². The summed E-state index contributed by atoms with van der Waals surface area (Å²) in [5.41, 5.74) is 2.35. The second-order valence-corrected chi connectivity index (χ2v) is 7.07. The lowest BCUT2D eigenvalue weighted by Crippen LogP contribution is -2.21. The molecular formula is C19H18FN3O2S. The van der Waals surface area contributed by atoms with Gasteiger partial charge in [0.25, 0.3) is 0 Å². The molecular weight excluding hydrogens is 353 g/mol. The minimum absolute atomic E-state index is 0.320. The van der Waals surface area contributed by atoms with Gasteiger partial charge in [-0.3, -0.25) is 9.59 Å². The Balaban J connectivity index is 2.05. The summed E-state index contributed by atoms with van der Waals surface area (Å²) in [6.45, 7) is 1.43. The van der Waals surface area contributed by atoms with Crippen molar-refractivity contribution in [1.29, 1.82) is 0 Å². The number of benzene rings is 2. The number of hydrogen-bond donors (Lipinski definition) is 1. The molecule has 0 aliphatic heterocycles. The molecule has 0 unspecified atom stereocenters. The Kier molecular flexibility index (Phi) is 5.39. The second-order valence-electron chi connectivity index (χ2n) is 6.07. The quantitative estimate of drug-likeness (QED) is 0.392. The van der Waals surface area contributed by atoms with Crippen molar-refractivity contribution in [2.45, 2.75) is 0 Å². The van der Waals surface area contributed by atoms with E-state index in [4.69, 9.17) is 0 Å². The minimum Gasteiger partial charge on any atom is -0.383 e. The number of likely N-dealkylation sites (N-methyl/N-ethyl adjacent to an activating group) is 1. The third kappa shape index (κ3) is 3.79. The van der Waals surface area contributed by atoms with Crippen molar-refractivity contribution in [1.82, 2.24) is 9.88 Å². The first kappa shape index (κ1) is 18.2. The van der Waals surface area contributed by atoms with E-state index in [0.29, 0.717) is 39.3 Å². The van der Waals surface area contributed by atoms with Crippen LogP contribution in [-0.2, 0) is 4.79 Å². The predicted octanol–water partition coefficient (Wildman–Crippen LogP) is 3.46. The van der Waals surface area contributed by atoms with E-state index < -0.39 is 5.78 Å². The molecule has 3 rings (SSSR count). The molecule has 0 atom stereocenters. The highest BCUT2D eigenvalue weighted by atomic mass is 32.1. The number of Topliss-reactive ketones (excluding diaryl/α,β-unsaturated/α-hetero) is 1. The van der Waals surface area contributed by atoms with Gasteiger partial charge in [-0.2, -0.15) is 0 Å². The summed E-state index contributed by atoms with van der Waals surface area (Å²) < 4.78 is 13.8. The number of carbonyl (C=O) groups excluding carboxylic acids is 2. The Morgan fingerprint density at radius 2 is 1.96 bits per heavy atom. The summed E-state index contributed by atoms with van der Waals surface area (Å²) in [6, 6.07) is 9.61. The van der Waals surface area contributed by atoms with E-state index in [-0.39, 0.29) is 5.82 Å². The average molecular weight is 371 g/mol. The van der Waals surface area contributed by atoms with Gasteiger partial charge in [0.2, 0.25) is 5.78 Å². The topological polar surface area (TPSA) is 62.3 Å². The number of rotatable bonds is 7. The van der Waals surface area contributed by atoms with E-state index >= 15 is 0 Å². The van der Waals surface area contributed by atoms with Crippen LogP contribution in [0.2, 0.25) is 0 Å². The van der Waals surface area contributed by atoms with Crippen molar-refractivity contribution < 1.29 is 14.0 Å². The Morgan fingerprint density at radius 1 is 1.23 bits per heavy atom. The summed E-state index contributed by atoms with van der Waals surface area (Å²) in [5, 5.41) is 3.89. The highest BCUT2D eigenvalue weighted by molar-refractivity contribution is 7.22. The molecule has 0 aliphatic rings. The predicted molar refractivity (Wildman–Crippen MR) is 102 cm³/mol. The number of thiazole rings is 1. The molecule has 0 saturated carbocycles. The van der Waals surface area contributed by atoms with Gasteiger partial charge < -0.3 is 10.2 Å². The molecule has 134 valence electrons. The fourth-order valence-corrected chi connectivity index (χ4v) is 3.70. The number of anilines is 1. The van der Waals surface area contributed by atoms with Gasteiger partial charge in [0, 0.05) is 24.3 Å². The van der Waals surface area contributed by atoms with E-state index in [0.717, 1.165) is 12.1 Å². The Labute approximate surface area is 154 Å². The van der Waals surface area contributed by atoms with Crippen LogP contribution in [0.25, 0.3) is 20.8 Å². The van der Waals surface area contributed by atoms with E-state index in [1.54, 1.807) is 18.2 Å². The SMILES string of the molecule is CN(C)CCNc1ccc2nc(-c3ccc(F)cc3)sc2c1C(=O)C=O. The number of aldehydes is 1. The molecule has 26 heavy (non-hydrogen) atoms. The van der Waals surface area contributed by atoms with E-state index in [9.17, 15) is 14.0 Å². The minimum atomic E-state index is -0.586. The maximum Gasteiger partial charge on any atom is 0.228 e. The van der Waals surface area contributed by atoms with Crippen molar-refractivity contribution in [3.8, 4) is 10.6 Å². The van der Waals surface area contributed by atoms with Gasteiger partial charge in [-0.15, -0.1) is 11.3 Å². The number of ketones is 1. The third-order valence-corrected chi connectivity index (χ3v) is 5.01. The molecule has 0 radical (unpaired) electrons. The molecule has 0 spiro atoms. The van der Waals surface area contributed by atoms with Crippen LogP contribution in [0.4, 0.5) is 10.1 Å². The smallest absolute Gasteiger partial charge is 0.228 e. The number of fused-ring (bicyclic) bond motifs is 1. The second kappa shape index (κ2) is 7.72. The zero-order chi connectivity index (χ0) is 18.7. The highest BCUT2D eigenvalue weighted by Crippen LogP contribution is 2.35. The standard InChI is InChI=1S/C19H18FN3O2S/c1-23(2)10-9-21-14-7-8-15-18(17(14)16(25)11-24)26-19(22-15)12-3-5-13(20)6-4-12/h3-8,11,21H,9-10H2,1-2H3. The van der Waals surface area contributed by atoms with Crippen LogP contribution in [0.3, 0.4) is 0 Å². The molecule has 5 nitrogen and oxygen atoms in total. The van der Waals surface area contributed by atoms with Crippen LogP contribution < -0.4 is 5.32 Å². The molecule has 2 aromatic carbocycles. The molecule has 0 bridgehead atoms. The molecule has 1 N–H and O–H groups in total. The summed E-state index contributed by atoms with van der Waals surface area (Å²) in [4.78, 5) is 30.0. The molecule has 7 heteroatoms. The van der Waals surface area contributed by atoms with Crippen LogP contribution >= 0.6 is 11.3 Å². The average Bonchev–Trinajstić information content (AvgIpc) is 3.05. The summed E-state index contributed by atoms with van der Waals surface area (Å²) >= 11 is 1.32. The number of aromatic nitrogens is 1. The van der Waals surface area contributed by atoms with Crippen LogP contribution in [0.15, 0.2) is 36.4 Å². The van der Waals surface area contributed by atoms with E-state index in [1.807, 2.05) is 25.1 Å². The third-order valence-electron chi connectivity index (χ3n) is 3.88. The summed E-state index contributed by atoms with van der Waals surface area (Å²) in [7, 11) is 3.92. The molecule has 0 saturated heterocycles. The zero-order valence-corrected chi connectivity index (χ0v) is 15.3. The first-order valence-electron chi connectivity index (χ1n) is 8.07. The number of nitrogens with zero attached hydrogens (tertiary/aromatic N) is 2. The van der Waals surface area contributed by atoms with Gasteiger partial charge in [0.15, 0.2) is 6.29 Å². The fourth-order valence-electron chi connectivity index (χ4n) is 2.57. The monoisotopic (exact) mass is 371 g/mol. The number of carbonyl (C=O) groups is 2. The molecule has 0 fully saturated rings. The van der Waals surface area contributed by atoms with Crippen molar-refractivity contribution in [3.63, 3.8) is 0 Å². The molecule has 1 aromatic heterocycles. The van der Waals surface area contributed by atoms with Crippen molar-refractivity contribution >= 4 is 39.3 Å². The van der Waals surface area contributed by atoms with Gasteiger partial charge in [-0.25, -0.2) is 9.37 Å².